The van der Waals surface area contributed by atoms with Crippen LogP contribution in [0.4, 0.5) is 0 Å². The van der Waals surface area contributed by atoms with Gasteiger partial charge in [-0.1, -0.05) is 34.6 Å². The zero-order valence-electron chi connectivity index (χ0n) is 10.2. The Morgan fingerprint density at radius 1 is 1.29 bits per heavy atom. The highest BCUT2D eigenvalue weighted by Crippen LogP contribution is 2.35. The van der Waals surface area contributed by atoms with E-state index in [1.165, 1.54) is 0 Å². The molecular weight excluding hydrogens is 176 g/mol. The Balaban J connectivity index is 4.27. The van der Waals surface area contributed by atoms with Gasteiger partial charge in [-0.15, -0.1) is 0 Å². The van der Waals surface area contributed by atoms with Crippen LogP contribution in [-0.2, 0) is 9.53 Å². The third-order valence-corrected chi connectivity index (χ3v) is 3.46. The van der Waals surface area contributed by atoms with E-state index in [0.717, 1.165) is 19.3 Å². The van der Waals surface area contributed by atoms with E-state index in [-0.39, 0.29) is 17.3 Å². The number of hydrogen-bond acceptors (Lipinski definition) is 2. The molecule has 0 saturated heterocycles. The Bertz CT molecular complexity index is 171. The van der Waals surface area contributed by atoms with E-state index in [2.05, 4.69) is 20.8 Å². The van der Waals surface area contributed by atoms with Gasteiger partial charge in [0.05, 0.1) is 12.5 Å². The first-order valence-corrected chi connectivity index (χ1v) is 5.68. The van der Waals surface area contributed by atoms with Gasteiger partial charge in [0.15, 0.2) is 0 Å². The maximum atomic E-state index is 11.6. The average molecular weight is 200 g/mol. The Kier molecular flexibility index (Phi) is 5.82. The summed E-state index contributed by atoms with van der Waals surface area (Å²) in [7, 11) is 0. The number of esters is 1. The molecule has 0 fully saturated rings. The zero-order chi connectivity index (χ0) is 11.2. The smallest absolute Gasteiger partial charge is 0.309 e. The van der Waals surface area contributed by atoms with E-state index in [1.807, 2.05) is 13.8 Å². The van der Waals surface area contributed by atoms with Crippen LogP contribution in [-0.4, -0.2) is 12.6 Å². The highest BCUT2D eigenvalue weighted by atomic mass is 16.5. The van der Waals surface area contributed by atoms with E-state index in [9.17, 15) is 4.79 Å². The minimum atomic E-state index is -0.0435. The van der Waals surface area contributed by atoms with Crippen molar-refractivity contribution < 1.29 is 9.53 Å². The molecule has 1 unspecified atom stereocenters. The lowest BCUT2D eigenvalue weighted by molar-refractivity contribution is -0.152. The molecule has 0 aromatic rings. The summed E-state index contributed by atoms with van der Waals surface area (Å²) in [5, 5.41) is 0. The van der Waals surface area contributed by atoms with Gasteiger partial charge in [0, 0.05) is 0 Å². The first kappa shape index (κ1) is 13.5. The molecule has 0 radical (unpaired) electrons. The summed E-state index contributed by atoms with van der Waals surface area (Å²) in [4.78, 5) is 11.6. The van der Waals surface area contributed by atoms with Crippen molar-refractivity contribution in [1.29, 1.82) is 0 Å². The predicted octanol–water partition coefficient (Wildman–Crippen LogP) is 3.40. The van der Waals surface area contributed by atoms with Crippen LogP contribution in [0.3, 0.4) is 0 Å². The molecule has 0 heterocycles. The third-order valence-electron chi connectivity index (χ3n) is 3.46. The van der Waals surface area contributed by atoms with Gasteiger partial charge in [-0.25, -0.2) is 0 Å². The van der Waals surface area contributed by atoms with Crippen molar-refractivity contribution >= 4 is 5.97 Å². The number of rotatable bonds is 6. The highest BCUT2D eigenvalue weighted by Gasteiger charge is 2.33. The van der Waals surface area contributed by atoms with E-state index in [0.29, 0.717) is 6.61 Å². The third kappa shape index (κ3) is 3.32. The highest BCUT2D eigenvalue weighted by molar-refractivity contribution is 5.72. The largest absolute Gasteiger partial charge is 0.465 e. The molecule has 0 N–H and O–H groups in total. The number of ether oxygens (including phenoxy) is 1. The molecule has 2 nitrogen and oxygen atoms in total. The molecule has 2 heteroatoms. The van der Waals surface area contributed by atoms with Gasteiger partial charge >= 0.3 is 5.97 Å². The average Bonchev–Trinajstić information content (AvgIpc) is 2.23. The van der Waals surface area contributed by atoms with Gasteiger partial charge in [-0.05, 0) is 24.7 Å². The lowest BCUT2D eigenvalue weighted by atomic mass is 9.74. The van der Waals surface area contributed by atoms with Crippen molar-refractivity contribution in [3.63, 3.8) is 0 Å². The van der Waals surface area contributed by atoms with Crippen LogP contribution in [0.5, 0.6) is 0 Å². The van der Waals surface area contributed by atoms with Crippen molar-refractivity contribution in [3.8, 4) is 0 Å². The first-order valence-electron chi connectivity index (χ1n) is 5.68. The maximum Gasteiger partial charge on any atom is 0.309 e. The fourth-order valence-corrected chi connectivity index (χ4v) is 1.47. The summed E-state index contributed by atoms with van der Waals surface area (Å²) >= 11 is 0. The first-order chi connectivity index (χ1) is 6.51. The SMILES string of the molecule is CCCOC(=O)C(C)C(C)(CC)CC. The standard InChI is InChI=1S/C12H24O2/c1-6-9-14-11(13)10(4)12(5,7-2)8-3/h10H,6-9H2,1-5H3. The molecule has 84 valence electrons. The summed E-state index contributed by atoms with van der Waals surface area (Å²) in [5.74, 6) is -0.0397. The second-order valence-electron chi connectivity index (χ2n) is 4.25. The van der Waals surface area contributed by atoms with Crippen LogP contribution in [0, 0.1) is 11.3 Å². The molecule has 0 rings (SSSR count). The lowest BCUT2D eigenvalue weighted by Gasteiger charge is -2.32. The normalized spacial score (nSPS) is 13.8. The van der Waals surface area contributed by atoms with Crippen LogP contribution in [0.2, 0.25) is 0 Å². The van der Waals surface area contributed by atoms with Gasteiger partial charge in [0.2, 0.25) is 0 Å². The fraction of sp³-hybridized carbons (Fsp3) is 0.917. The van der Waals surface area contributed by atoms with E-state index in [1.54, 1.807) is 0 Å². The second-order valence-corrected chi connectivity index (χ2v) is 4.25. The van der Waals surface area contributed by atoms with Crippen molar-refractivity contribution in [3.05, 3.63) is 0 Å². The minimum absolute atomic E-state index is 0.00375. The summed E-state index contributed by atoms with van der Waals surface area (Å²) < 4.78 is 5.16. The zero-order valence-corrected chi connectivity index (χ0v) is 10.2. The molecule has 0 aliphatic rings. The van der Waals surface area contributed by atoms with Crippen LogP contribution in [0.1, 0.15) is 53.9 Å². The molecular formula is C12H24O2. The van der Waals surface area contributed by atoms with Crippen molar-refractivity contribution in [1.82, 2.24) is 0 Å². The van der Waals surface area contributed by atoms with Crippen molar-refractivity contribution in [2.45, 2.75) is 53.9 Å². The molecule has 0 aliphatic heterocycles. The molecule has 1 atom stereocenters. The van der Waals surface area contributed by atoms with Gasteiger partial charge in [0.25, 0.3) is 0 Å². The Morgan fingerprint density at radius 3 is 2.14 bits per heavy atom. The molecule has 0 aliphatic carbocycles. The maximum absolute atomic E-state index is 11.6. The summed E-state index contributed by atoms with van der Waals surface area (Å²) in [5.41, 5.74) is 0.0881. The fourth-order valence-electron chi connectivity index (χ4n) is 1.47. The summed E-state index contributed by atoms with van der Waals surface area (Å²) in [6.07, 6.45) is 2.94. The quantitative estimate of drug-likeness (QED) is 0.614. The van der Waals surface area contributed by atoms with E-state index < -0.39 is 0 Å². The molecule has 0 spiro atoms. The second kappa shape index (κ2) is 6.05. The van der Waals surface area contributed by atoms with Gasteiger partial charge in [-0.3, -0.25) is 4.79 Å². The van der Waals surface area contributed by atoms with Crippen LogP contribution in [0.25, 0.3) is 0 Å². The van der Waals surface area contributed by atoms with Crippen LogP contribution < -0.4 is 0 Å². The van der Waals surface area contributed by atoms with Crippen molar-refractivity contribution in [2.24, 2.45) is 11.3 Å². The van der Waals surface area contributed by atoms with Crippen LogP contribution >= 0.6 is 0 Å². The lowest BCUT2D eigenvalue weighted by Crippen LogP contribution is -2.31. The molecule has 0 aromatic carbocycles. The van der Waals surface area contributed by atoms with Crippen molar-refractivity contribution in [2.75, 3.05) is 6.61 Å². The number of carbonyl (C=O) groups is 1. The summed E-state index contributed by atoms with van der Waals surface area (Å²) in [6.45, 7) is 11.0. The molecule has 0 aromatic heterocycles. The molecule has 14 heavy (non-hydrogen) atoms. The molecule has 0 saturated carbocycles. The Labute approximate surface area is 88.0 Å². The monoisotopic (exact) mass is 200 g/mol. The number of hydrogen-bond donors (Lipinski definition) is 0. The van der Waals surface area contributed by atoms with E-state index in [4.69, 9.17) is 4.74 Å². The topological polar surface area (TPSA) is 26.3 Å². The van der Waals surface area contributed by atoms with Gasteiger partial charge < -0.3 is 4.74 Å². The van der Waals surface area contributed by atoms with Gasteiger partial charge in [-0.2, -0.15) is 0 Å². The number of carbonyl (C=O) groups excluding carboxylic acids is 1. The van der Waals surface area contributed by atoms with Crippen LogP contribution in [0.15, 0.2) is 0 Å². The Morgan fingerprint density at radius 2 is 1.79 bits per heavy atom. The summed E-state index contributed by atoms with van der Waals surface area (Å²) in [6, 6.07) is 0. The van der Waals surface area contributed by atoms with Gasteiger partial charge in [0.1, 0.15) is 0 Å². The molecule has 0 bridgehead atoms. The predicted molar refractivity (Wildman–Crippen MR) is 59.1 cm³/mol. The molecule has 0 amide bonds. The van der Waals surface area contributed by atoms with E-state index >= 15 is 0 Å². The minimum Gasteiger partial charge on any atom is -0.465 e. The Hall–Kier alpha value is -0.530.